The third-order valence-corrected chi connectivity index (χ3v) is 6.52. The van der Waals surface area contributed by atoms with E-state index < -0.39 is 23.6 Å². The van der Waals surface area contributed by atoms with Crippen LogP contribution in [-0.2, 0) is 27.7 Å². The molecular weight excluding hydrogens is 487 g/mol. The summed E-state index contributed by atoms with van der Waals surface area (Å²) in [4.78, 5) is 13.0. The van der Waals surface area contributed by atoms with Gasteiger partial charge in [0.05, 0.1) is 18.1 Å². The number of anilines is 1. The molecule has 0 spiro atoms. The molecule has 0 radical (unpaired) electrons. The van der Waals surface area contributed by atoms with E-state index in [-0.39, 0.29) is 42.2 Å². The zero-order valence-corrected chi connectivity index (χ0v) is 23.1. The van der Waals surface area contributed by atoms with Gasteiger partial charge in [-0.2, -0.15) is 13.2 Å². The molecule has 204 valence electrons. The zero-order chi connectivity index (χ0) is 28.1. The van der Waals surface area contributed by atoms with Crippen LogP contribution in [0.3, 0.4) is 0 Å². The number of hydrogen-bond donors (Lipinski definition) is 1. The van der Waals surface area contributed by atoms with E-state index in [1.165, 1.54) is 12.1 Å². The second-order valence-corrected chi connectivity index (χ2v) is 11.1. The number of esters is 1. The van der Waals surface area contributed by atoms with Crippen molar-refractivity contribution in [2.45, 2.75) is 72.0 Å². The van der Waals surface area contributed by atoms with Crippen LogP contribution in [0.2, 0.25) is 0 Å². The fourth-order valence-corrected chi connectivity index (χ4v) is 4.58. The van der Waals surface area contributed by atoms with Gasteiger partial charge in [0.15, 0.2) is 0 Å². The second-order valence-electron chi connectivity index (χ2n) is 11.1. The van der Waals surface area contributed by atoms with Gasteiger partial charge < -0.3 is 10.1 Å². The Bertz CT molecular complexity index is 1210. The van der Waals surface area contributed by atoms with Crippen LogP contribution in [0.1, 0.15) is 76.1 Å². The second kappa shape index (κ2) is 12.1. The highest BCUT2D eigenvalue weighted by Gasteiger charge is 2.40. The number of rotatable bonds is 9. The highest BCUT2D eigenvalue weighted by atomic mass is 19.4. The molecule has 3 rings (SSSR count). The summed E-state index contributed by atoms with van der Waals surface area (Å²) in [5.74, 6) is -1.69. The van der Waals surface area contributed by atoms with Crippen LogP contribution in [0.25, 0.3) is 11.1 Å². The molecule has 0 amide bonds. The molecule has 3 aromatic rings. The molecule has 0 bridgehead atoms. The van der Waals surface area contributed by atoms with Crippen molar-refractivity contribution in [3.63, 3.8) is 0 Å². The van der Waals surface area contributed by atoms with Crippen molar-refractivity contribution < 1.29 is 22.7 Å². The summed E-state index contributed by atoms with van der Waals surface area (Å²) in [7, 11) is 0. The van der Waals surface area contributed by atoms with Crippen molar-refractivity contribution in [2.24, 2.45) is 5.92 Å². The molecule has 0 aliphatic carbocycles. The fraction of sp³-hybridized carbons (Fsp3) is 0.406. The Kier molecular flexibility index (Phi) is 9.29. The van der Waals surface area contributed by atoms with E-state index in [1.54, 1.807) is 6.92 Å². The molecule has 0 heterocycles. The maximum atomic E-state index is 14.7. The molecular formula is C32H38F3NO2. The third-order valence-electron chi connectivity index (χ3n) is 6.52. The Morgan fingerprint density at radius 1 is 0.921 bits per heavy atom. The minimum atomic E-state index is -4.68. The number of ether oxygens (including phenoxy) is 1. The van der Waals surface area contributed by atoms with Gasteiger partial charge in [0, 0.05) is 12.2 Å². The first-order chi connectivity index (χ1) is 17.8. The van der Waals surface area contributed by atoms with Crippen molar-refractivity contribution in [2.75, 3.05) is 11.9 Å². The highest BCUT2D eigenvalue weighted by Crippen LogP contribution is 2.44. The van der Waals surface area contributed by atoms with E-state index in [0.717, 1.165) is 16.7 Å². The number of carbonyl (C=O) groups is 1. The molecule has 6 heteroatoms. The Hall–Kier alpha value is -3.28. The van der Waals surface area contributed by atoms with Gasteiger partial charge in [-0.1, -0.05) is 89.2 Å². The standard InChI is InChI=1S/C32H38F3NO2/c1-7-38-30(37)27(17-21(2)3)26-18-24(23-11-9-8-10-12-23)19-28(29(26)32(33,34)35)36-20-22-13-15-25(16-14-22)31(4,5)6/h8-16,18-19,21,27,36H,7,17,20H2,1-6H3. The van der Waals surface area contributed by atoms with Crippen LogP contribution >= 0.6 is 0 Å². The average molecular weight is 526 g/mol. The number of hydrogen-bond acceptors (Lipinski definition) is 3. The monoisotopic (exact) mass is 525 g/mol. The molecule has 0 saturated heterocycles. The Labute approximate surface area is 224 Å². The predicted octanol–water partition coefficient (Wildman–Crippen LogP) is 8.97. The summed E-state index contributed by atoms with van der Waals surface area (Å²) in [6.07, 6.45) is -4.43. The molecule has 1 unspecified atom stereocenters. The lowest BCUT2D eigenvalue weighted by Crippen LogP contribution is -2.23. The minimum Gasteiger partial charge on any atom is -0.466 e. The Balaban J connectivity index is 2.16. The lowest BCUT2D eigenvalue weighted by atomic mass is 9.84. The summed E-state index contributed by atoms with van der Waals surface area (Å²) < 4.78 is 49.4. The molecule has 3 nitrogen and oxygen atoms in total. The van der Waals surface area contributed by atoms with Gasteiger partial charge in [-0.15, -0.1) is 0 Å². The SMILES string of the molecule is CCOC(=O)C(CC(C)C)c1cc(-c2ccccc2)cc(NCc2ccc(C(C)(C)C)cc2)c1C(F)(F)F. The van der Waals surface area contributed by atoms with Crippen molar-refractivity contribution in [1.82, 2.24) is 0 Å². The number of carbonyl (C=O) groups excluding carboxylic acids is 1. The van der Waals surface area contributed by atoms with Gasteiger partial charge in [-0.25, -0.2) is 0 Å². The molecule has 0 aliphatic heterocycles. The fourth-order valence-electron chi connectivity index (χ4n) is 4.58. The normalized spacial score (nSPS) is 12.9. The molecule has 1 atom stereocenters. The number of alkyl halides is 3. The van der Waals surface area contributed by atoms with Gasteiger partial charge in [-0.3, -0.25) is 4.79 Å². The first kappa shape index (κ1) is 29.3. The first-order valence-corrected chi connectivity index (χ1v) is 13.1. The maximum Gasteiger partial charge on any atom is 0.418 e. The van der Waals surface area contributed by atoms with Gasteiger partial charge in [0.2, 0.25) is 0 Å². The van der Waals surface area contributed by atoms with Gasteiger partial charge in [0.25, 0.3) is 0 Å². The summed E-state index contributed by atoms with van der Waals surface area (Å²) in [5, 5.41) is 3.05. The molecule has 0 fully saturated rings. The Morgan fingerprint density at radius 3 is 2.08 bits per heavy atom. The summed E-state index contributed by atoms with van der Waals surface area (Å²) >= 11 is 0. The summed E-state index contributed by atoms with van der Waals surface area (Å²) in [5.41, 5.74) is 2.45. The van der Waals surface area contributed by atoms with Crippen LogP contribution in [0.15, 0.2) is 66.7 Å². The molecule has 3 aromatic carbocycles. The van der Waals surface area contributed by atoms with Crippen molar-refractivity contribution >= 4 is 11.7 Å². The van der Waals surface area contributed by atoms with E-state index >= 15 is 0 Å². The van der Waals surface area contributed by atoms with E-state index in [9.17, 15) is 18.0 Å². The van der Waals surface area contributed by atoms with E-state index in [1.807, 2.05) is 68.4 Å². The smallest absolute Gasteiger partial charge is 0.418 e. The van der Waals surface area contributed by atoms with Crippen molar-refractivity contribution in [1.29, 1.82) is 0 Å². The number of nitrogens with one attached hydrogen (secondary N) is 1. The van der Waals surface area contributed by atoms with Crippen LogP contribution < -0.4 is 5.32 Å². The van der Waals surface area contributed by atoms with E-state index in [2.05, 4.69) is 26.1 Å². The van der Waals surface area contributed by atoms with Gasteiger partial charge >= 0.3 is 12.1 Å². The summed E-state index contributed by atoms with van der Waals surface area (Å²) in [6.45, 7) is 12.1. The predicted molar refractivity (Wildman–Crippen MR) is 148 cm³/mol. The largest absolute Gasteiger partial charge is 0.466 e. The quantitative estimate of drug-likeness (QED) is 0.283. The molecule has 1 N–H and O–H groups in total. The van der Waals surface area contributed by atoms with Crippen molar-refractivity contribution in [3.05, 3.63) is 89.0 Å². The van der Waals surface area contributed by atoms with Crippen molar-refractivity contribution in [3.8, 4) is 11.1 Å². The Morgan fingerprint density at radius 2 is 1.55 bits per heavy atom. The molecule has 0 saturated carbocycles. The van der Waals surface area contributed by atoms with E-state index in [0.29, 0.717) is 5.56 Å². The van der Waals surface area contributed by atoms with Gasteiger partial charge in [0.1, 0.15) is 0 Å². The van der Waals surface area contributed by atoms with E-state index in [4.69, 9.17) is 4.74 Å². The average Bonchev–Trinajstić information content (AvgIpc) is 2.85. The first-order valence-electron chi connectivity index (χ1n) is 13.1. The minimum absolute atomic E-state index is 0.0105. The van der Waals surface area contributed by atoms with Crippen LogP contribution in [0.4, 0.5) is 18.9 Å². The van der Waals surface area contributed by atoms with Crippen LogP contribution in [0, 0.1) is 5.92 Å². The highest BCUT2D eigenvalue weighted by molar-refractivity contribution is 5.82. The van der Waals surface area contributed by atoms with Gasteiger partial charge in [-0.05, 0) is 64.6 Å². The number of halogens is 3. The maximum absolute atomic E-state index is 14.7. The lowest BCUT2D eigenvalue weighted by molar-refractivity contribution is -0.146. The van der Waals surface area contributed by atoms with Crippen LogP contribution in [-0.4, -0.2) is 12.6 Å². The third kappa shape index (κ3) is 7.40. The molecule has 0 aromatic heterocycles. The lowest BCUT2D eigenvalue weighted by Gasteiger charge is -2.26. The van der Waals surface area contributed by atoms with Crippen LogP contribution in [0.5, 0.6) is 0 Å². The zero-order valence-electron chi connectivity index (χ0n) is 23.1. The molecule has 38 heavy (non-hydrogen) atoms. The molecule has 0 aliphatic rings. The number of benzene rings is 3. The summed E-state index contributed by atoms with van der Waals surface area (Å²) in [6, 6.07) is 20.2. The topological polar surface area (TPSA) is 38.3 Å².